The van der Waals surface area contributed by atoms with E-state index in [0.717, 1.165) is 25.0 Å². The Morgan fingerprint density at radius 3 is 2.58 bits per heavy atom. The van der Waals surface area contributed by atoms with Gasteiger partial charge >= 0.3 is 0 Å². The minimum Gasteiger partial charge on any atom is -0.379 e. The highest BCUT2D eigenvalue weighted by atomic mass is 16.5. The molecule has 0 unspecified atom stereocenters. The minimum absolute atomic E-state index is 0.544. The van der Waals surface area contributed by atoms with Crippen molar-refractivity contribution in [3.05, 3.63) is 35.4 Å². The highest BCUT2D eigenvalue weighted by Crippen LogP contribution is 2.23. The lowest BCUT2D eigenvalue weighted by atomic mass is 9.87. The summed E-state index contributed by atoms with van der Waals surface area (Å²) in [6.45, 7) is 7.74. The fourth-order valence-corrected chi connectivity index (χ4v) is 3.26. The Hall–Kier alpha value is -1.59. The van der Waals surface area contributed by atoms with E-state index in [1.54, 1.807) is 0 Å². The molecule has 0 spiro atoms. The van der Waals surface area contributed by atoms with Crippen molar-refractivity contribution in [3.63, 3.8) is 0 Å². The van der Waals surface area contributed by atoms with Crippen LogP contribution in [0.25, 0.3) is 0 Å². The first kappa shape index (κ1) is 20.7. The number of benzene rings is 1. The van der Waals surface area contributed by atoms with Crippen molar-refractivity contribution in [2.75, 3.05) is 26.9 Å². The van der Waals surface area contributed by atoms with E-state index in [0.29, 0.717) is 25.9 Å². The van der Waals surface area contributed by atoms with Crippen LogP contribution >= 0.6 is 0 Å². The van der Waals surface area contributed by atoms with Gasteiger partial charge in [0.15, 0.2) is 5.96 Å². The number of guanidine groups is 1. The van der Waals surface area contributed by atoms with Crippen LogP contribution in [0.2, 0.25) is 0 Å². The summed E-state index contributed by atoms with van der Waals surface area (Å²) in [6, 6.07) is 9.04. The SMILES string of the molecule is CCOCCOCc1cccc(CNC(=NC)NC2CCC(C)CC2)c1. The first-order chi connectivity index (χ1) is 12.7. The molecule has 1 aromatic rings. The number of hydrogen-bond acceptors (Lipinski definition) is 3. The van der Waals surface area contributed by atoms with Gasteiger partial charge in [0.25, 0.3) is 0 Å². The van der Waals surface area contributed by atoms with Gasteiger partial charge in [0.05, 0.1) is 19.8 Å². The molecule has 0 aliphatic heterocycles. The van der Waals surface area contributed by atoms with Gasteiger partial charge in [-0.15, -0.1) is 0 Å². The van der Waals surface area contributed by atoms with E-state index in [1.165, 1.54) is 36.8 Å². The van der Waals surface area contributed by atoms with E-state index >= 15 is 0 Å². The standard InChI is InChI=1S/C21H35N3O2/c1-4-25-12-13-26-16-19-7-5-6-18(14-19)15-23-21(22-3)24-20-10-8-17(2)9-11-20/h5-7,14,17,20H,4,8-13,15-16H2,1-3H3,(H2,22,23,24). The van der Waals surface area contributed by atoms with Crippen LogP contribution in [0.5, 0.6) is 0 Å². The second-order valence-corrected chi connectivity index (χ2v) is 7.10. The quantitative estimate of drug-likeness (QED) is 0.402. The normalized spacial score (nSPS) is 20.8. The van der Waals surface area contributed by atoms with Crippen LogP contribution in [0.3, 0.4) is 0 Å². The van der Waals surface area contributed by atoms with Gasteiger partial charge < -0.3 is 20.1 Å². The molecule has 1 aliphatic rings. The second-order valence-electron chi connectivity index (χ2n) is 7.10. The first-order valence-electron chi connectivity index (χ1n) is 9.91. The van der Waals surface area contributed by atoms with E-state index in [1.807, 2.05) is 14.0 Å². The molecule has 2 N–H and O–H groups in total. The molecule has 0 atom stereocenters. The molecule has 1 saturated carbocycles. The summed E-state index contributed by atoms with van der Waals surface area (Å²) in [4.78, 5) is 4.37. The number of ether oxygens (including phenoxy) is 2. The molecule has 2 rings (SSSR count). The molecule has 1 aliphatic carbocycles. The zero-order chi connectivity index (χ0) is 18.6. The van der Waals surface area contributed by atoms with Crippen molar-refractivity contribution < 1.29 is 9.47 Å². The van der Waals surface area contributed by atoms with Gasteiger partial charge in [0.1, 0.15) is 0 Å². The lowest BCUT2D eigenvalue weighted by Gasteiger charge is -2.28. The Kier molecular flexibility index (Phi) is 9.50. The highest BCUT2D eigenvalue weighted by molar-refractivity contribution is 5.79. The van der Waals surface area contributed by atoms with Gasteiger partial charge in [0.2, 0.25) is 0 Å². The monoisotopic (exact) mass is 361 g/mol. The van der Waals surface area contributed by atoms with Crippen LogP contribution in [0.15, 0.2) is 29.3 Å². The summed E-state index contributed by atoms with van der Waals surface area (Å²) >= 11 is 0. The average Bonchev–Trinajstić information content (AvgIpc) is 2.67. The molecule has 5 heteroatoms. The Balaban J connectivity index is 1.74. The molecular weight excluding hydrogens is 326 g/mol. The molecule has 0 bridgehead atoms. The number of nitrogens with one attached hydrogen (secondary N) is 2. The summed E-state index contributed by atoms with van der Waals surface area (Å²) < 4.78 is 10.9. The predicted molar refractivity (Wildman–Crippen MR) is 107 cm³/mol. The van der Waals surface area contributed by atoms with E-state index in [-0.39, 0.29) is 0 Å². The second kappa shape index (κ2) is 11.9. The highest BCUT2D eigenvalue weighted by Gasteiger charge is 2.18. The lowest BCUT2D eigenvalue weighted by molar-refractivity contribution is 0.0453. The Labute approximate surface area is 158 Å². The van der Waals surface area contributed by atoms with Gasteiger partial charge in [0, 0.05) is 26.2 Å². The molecule has 0 saturated heterocycles. The first-order valence-corrected chi connectivity index (χ1v) is 9.91. The van der Waals surface area contributed by atoms with Crippen molar-refractivity contribution in [2.45, 2.75) is 58.7 Å². The number of nitrogens with zero attached hydrogens (tertiary/aromatic N) is 1. The van der Waals surface area contributed by atoms with Crippen LogP contribution in [0, 0.1) is 5.92 Å². The maximum absolute atomic E-state index is 5.65. The fourth-order valence-electron chi connectivity index (χ4n) is 3.26. The summed E-state index contributed by atoms with van der Waals surface area (Å²) in [5.41, 5.74) is 2.42. The molecule has 0 radical (unpaired) electrons. The zero-order valence-electron chi connectivity index (χ0n) is 16.6. The third kappa shape index (κ3) is 7.75. The van der Waals surface area contributed by atoms with Gasteiger partial charge in [-0.1, -0.05) is 31.2 Å². The third-order valence-corrected chi connectivity index (χ3v) is 4.88. The smallest absolute Gasteiger partial charge is 0.191 e. The van der Waals surface area contributed by atoms with Gasteiger partial charge in [-0.2, -0.15) is 0 Å². The van der Waals surface area contributed by atoms with E-state index in [9.17, 15) is 0 Å². The van der Waals surface area contributed by atoms with Crippen LogP contribution in [0.1, 0.15) is 50.7 Å². The number of hydrogen-bond donors (Lipinski definition) is 2. The van der Waals surface area contributed by atoms with E-state index in [2.05, 4.69) is 46.8 Å². The molecular formula is C21H35N3O2. The van der Waals surface area contributed by atoms with E-state index < -0.39 is 0 Å². The summed E-state index contributed by atoms with van der Waals surface area (Å²) in [5, 5.41) is 7.00. The number of aliphatic imine (C=N–C) groups is 1. The zero-order valence-corrected chi connectivity index (χ0v) is 16.6. The molecule has 26 heavy (non-hydrogen) atoms. The molecule has 0 heterocycles. The van der Waals surface area contributed by atoms with Crippen LogP contribution in [0.4, 0.5) is 0 Å². The van der Waals surface area contributed by atoms with Crippen molar-refractivity contribution >= 4 is 5.96 Å². The summed E-state index contributed by atoms with van der Waals surface area (Å²) in [5.74, 6) is 1.75. The Morgan fingerprint density at radius 2 is 1.85 bits per heavy atom. The molecule has 146 valence electrons. The maximum Gasteiger partial charge on any atom is 0.191 e. The maximum atomic E-state index is 5.65. The molecule has 1 fully saturated rings. The van der Waals surface area contributed by atoms with Crippen molar-refractivity contribution in [1.82, 2.24) is 10.6 Å². The van der Waals surface area contributed by atoms with Gasteiger partial charge in [-0.05, 0) is 49.7 Å². The topological polar surface area (TPSA) is 54.9 Å². The van der Waals surface area contributed by atoms with Crippen molar-refractivity contribution in [1.29, 1.82) is 0 Å². The largest absolute Gasteiger partial charge is 0.379 e. The van der Waals surface area contributed by atoms with Crippen molar-refractivity contribution in [3.8, 4) is 0 Å². The van der Waals surface area contributed by atoms with E-state index in [4.69, 9.17) is 9.47 Å². The fraction of sp³-hybridized carbons (Fsp3) is 0.667. The molecule has 0 aromatic heterocycles. The van der Waals surface area contributed by atoms with Gasteiger partial charge in [-0.25, -0.2) is 0 Å². The van der Waals surface area contributed by atoms with Gasteiger partial charge in [-0.3, -0.25) is 4.99 Å². The number of rotatable bonds is 9. The van der Waals surface area contributed by atoms with Crippen LogP contribution in [-0.2, 0) is 22.6 Å². The Morgan fingerprint density at radius 1 is 1.12 bits per heavy atom. The molecule has 5 nitrogen and oxygen atoms in total. The predicted octanol–water partition coefficient (Wildman–Crippen LogP) is 3.48. The summed E-state index contributed by atoms with van der Waals surface area (Å²) in [7, 11) is 1.84. The van der Waals surface area contributed by atoms with Crippen LogP contribution in [-0.4, -0.2) is 38.9 Å². The summed E-state index contributed by atoms with van der Waals surface area (Å²) in [6.07, 6.45) is 5.08. The Bertz CT molecular complexity index is 540. The lowest BCUT2D eigenvalue weighted by Crippen LogP contribution is -2.44. The third-order valence-electron chi connectivity index (χ3n) is 4.88. The van der Waals surface area contributed by atoms with Crippen molar-refractivity contribution in [2.24, 2.45) is 10.9 Å². The molecule has 1 aromatic carbocycles. The molecule has 0 amide bonds. The average molecular weight is 362 g/mol. The minimum atomic E-state index is 0.544. The van der Waals surface area contributed by atoms with Crippen LogP contribution < -0.4 is 10.6 Å².